The maximum absolute atomic E-state index is 11.2. The van der Waals surface area contributed by atoms with Crippen LogP contribution in [0.4, 0.5) is 0 Å². The Balaban J connectivity index is 2.92. The van der Waals surface area contributed by atoms with Crippen LogP contribution in [0.3, 0.4) is 0 Å². The lowest BCUT2D eigenvalue weighted by atomic mass is 10.1. The van der Waals surface area contributed by atoms with E-state index in [-0.39, 0.29) is 5.78 Å². The molecule has 1 aromatic carbocycles. The smallest absolute Gasteiger partial charge is 0.147 e. The molecule has 0 spiro atoms. The van der Waals surface area contributed by atoms with Crippen molar-refractivity contribution in [2.75, 3.05) is 5.33 Å². The molecule has 0 aliphatic heterocycles. The maximum Gasteiger partial charge on any atom is 0.147 e. The number of Topliss-reactive ketones (excluding diaryl/α,β-unsaturated/α-hetero) is 1. The minimum atomic E-state index is 0.145. The lowest BCUT2D eigenvalue weighted by molar-refractivity contribution is -0.115. The Morgan fingerprint density at radius 3 is 2.64 bits per heavy atom. The molecule has 0 aliphatic carbocycles. The van der Waals surface area contributed by atoms with Gasteiger partial charge >= 0.3 is 0 Å². The fourth-order valence-corrected chi connectivity index (χ4v) is 1.98. The third-order valence-corrected chi connectivity index (χ3v) is 3.37. The van der Waals surface area contributed by atoms with Gasteiger partial charge in [0.15, 0.2) is 0 Å². The fraction of sp³-hybridized carbons (Fsp3) is 0.300. The minimum absolute atomic E-state index is 0.145. The van der Waals surface area contributed by atoms with Crippen LogP contribution in [0, 0.1) is 0 Å². The van der Waals surface area contributed by atoms with Crippen molar-refractivity contribution in [2.45, 2.75) is 17.2 Å². The molecule has 0 amide bonds. The third kappa shape index (κ3) is 3.01. The quantitative estimate of drug-likeness (QED) is 0.666. The summed E-state index contributed by atoms with van der Waals surface area (Å²) in [5, 5.41) is 0.380. The highest BCUT2D eigenvalue weighted by Gasteiger charge is 2.07. The molecule has 0 unspecified atom stereocenters. The molecule has 0 N–H and O–H groups in total. The Labute approximate surface area is 102 Å². The van der Waals surface area contributed by atoms with Gasteiger partial charge < -0.3 is 0 Å². The number of carbonyl (C=O) groups excluding carboxylic acids is 1. The Morgan fingerprint density at radius 1 is 1.43 bits per heavy atom. The first-order valence-corrected chi connectivity index (χ1v) is 6.22. The summed E-state index contributed by atoms with van der Waals surface area (Å²) in [5.41, 5.74) is 1.91. The van der Waals surface area contributed by atoms with E-state index in [1.807, 2.05) is 18.2 Å². The largest absolute Gasteiger partial charge is 0.298 e. The highest BCUT2D eigenvalue weighted by atomic mass is 79.9. The summed E-state index contributed by atoms with van der Waals surface area (Å²) in [7, 11) is 0. The number of hydrogen-bond donors (Lipinski definition) is 1. The number of alkyl halides is 2. The Kier molecular flexibility index (Phi) is 4.99. The Morgan fingerprint density at radius 2 is 2.07 bits per heavy atom. The summed E-state index contributed by atoms with van der Waals surface area (Å²) >= 11 is 13.2. The van der Waals surface area contributed by atoms with Crippen LogP contribution in [0.1, 0.15) is 11.1 Å². The monoisotopic (exact) mass is 292 g/mol. The summed E-state index contributed by atoms with van der Waals surface area (Å²) in [6.45, 7) is 0. The van der Waals surface area contributed by atoms with Crippen LogP contribution < -0.4 is 0 Å². The van der Waals surface area contributed by atoms with Crippen LogP contribution in [0.5, 0.6) is 0 Å². The van der Waals surface area contributed by atoms with Gasteiger partial charge in [0.25, 0.3) is 0 Å². The summed E-state index contributed by atoms with van der Waals surface area (Å²) in [6, 6.07) is 5.71. The minimum Gasteiger partial charge on any atom is -0.298 e. The lowest BCUT2D eigenvalue weighted by Crippen LogP contribution is -2.04. The first-order chi connectivity index (χ1) is 6.69. The predicted molar refractivity (Wildman–Crippen MR) is 65.8 cm³/mol. The van der Waals surface area contributed by atoms with E-state index >= 15 is 0 Å². The van der Waals surface area contributed by atoms with Gasteiger partial charge in [-0.1, -0.05) is 34.1 Å². The number of hydrogen-bond acceptors (Lipinski definition) is 2. The molecule has 0 atom stereocenters. The first-order valence-electron chi connectivity index (χ1n) is 4.12. The van der Waals surface area contributed by atoms with Crippen LogP contribution in [-0.2, 0) is 17.1 Å². The molecule has 0 aliphatic rings. The highest BCUT2D eigenvalue weighted by Crippen LogP contribution is 2.21. The molecule has 1 aromatic rings. The van der Waals surface area contributed by atoms with Crippen molar-refractivity contribution in [3.8, 4) is 0 Å². The van der Waals surface area contributed by atoms with Crippen LogP contribution in [0.15, 0.2) is 23.1 Å². The van der Waals surface area contributed by atoms with Crippen molar-refractivity contribution in [1.29, 1.82) is 0 Å². The molecular weight excluding hydrogens is 284 g/mol. The van der Waals surface area contributed by atoms with Crippen molar-refractivity contribution < 1.29 is 4.79 Å². The second kappa shape index (κ2) is 5.79. The maximum atomic E-state index is 11.2. The average molecular weight is 294 g/mol. The average Bonchev–Trinajstić information content (AvgIpc) is 2.21. The number of thiol groups is 1. The summed E-state index contributed by atoms with van der Waals surface area (Å²) in [4.78, 5) is 12.0. The molecule has 76 valence electrons. The summed E-state index contributed by atoms with van der Waals surface area (Å²) in [5.74, 6) is 0.571. The second-order valence-electron chi connectivity index (χ2n) is 2.91. The lowest BCUT2D eigenvalue weighted by Gasteiger charge is -2.06. The second-order valence-corrected chi connectivity index (χ2v) is 4.18. The number of ketones is 1. The number of benzene rings is 1. The van der Waals surface area contributed by atoms with E-state index in [0.717, 1.165) is 16.0 Å². The van der Waals surface area contributed by atoms with E-state index in [2.05, 4.69) is 28.6 Å². The molecule has 0 bridgehead atoms. The topological polar surface area (TPSA) is 17.1 Å². The molecule has 0 radical (unpaired) electrons. The highest BCUT2D eigenvalue weighted by molar-refractivity contribution is 9.09. The van der Waals surface area contributed by atoms with Gasteiger partial charge in [-0.15, -0.1) is 24.2 Å². The molecule has 0 saturated heterocycles. The van der Waals surface area contributed by atoms with Gasteiger partial charge in [0, 0.05) is 17.2 Å². The number of carbonyl (C=O) groups is 1. The van der Waals surface area contributed by atoms with Crippen molar-refractivity contribution in [3.05, 3.63) is 29.3 Å². The zero-order valence-electron chi connectivity index (χ0n) is 7.46. The van der Waals surface area contributed by atoms with Crippen molar-refractivity contribution in [1.82, 2.24) is 0 Å². The third-order valence-electron chi connectivity index (χ3n) is 1.88. The van der Waals surface area contributed by atoms with Crippen LogP contribution in [0.2, 0.25) is 0 Å². The fourth-order valence-electron chi connectivity index (χ4n) is 1.15. The van der Waals surface area contributed by atoms with E-state index in [1.165, 1.54) is 0 Å². The van der Waals surface area contributed by atoms with Gasteiger partial charge in [0.05, 0.1) is 5.33 Å². The van der Waals surface area contributed by atoms with Gasteiger partial charge in [-0.25, -0.2) is 0 Å². The van der Waals surface area contributed by atoms with Crippen molar-refractivity contribution in [3.63, 3.8) is 0 Å². The van der Waals surface area contributed by atoms with E-state index in [4.69, 9.17) is 11.6 Å². The van der Waals surface area contributed by atoms with E-state index in [0.29, 0.717) is 17.6 Å². The van der Waals surface area contributed by atoms with Crippen LogP contribution in [0.25, 0.3) is 0 Å². The zero-order chi connectivity index (χ0) is 10.6. The summed E-state index contributed by atoms with van der Waals surface area (Å²) in [6.07, 6.45) is 0.412. The molecule has 4 heteroatoms. The van der Waals surface area contributed by atoms with Gasteiger partial charge in [0.1, 0.15) is 5.78 Å². The standard InChI is InChI=1S/C10H10BrClOS/c11-5-9(13)4-7-2-1-3-8(6-12)10(7)14/h1-3,14H,4-6H2. The molecule has 14 heavy (non-hydrogen) atoms. The molecule has 1 nitrogen and oxygen atoms in total. The van der Waals surface area contributed by atoms with Gasteiger partial charge in [-0.2, -0.15) is 0 Å². The molecule has 0 aromatic heterocycles. The predicted octanol–water partition coefficient (Wildman–Crippen LogP) is 3.22. The normalized spacial score (nSPS) is 10.2. The Bertz CT molecular complexity index is 341. The van der Waals surface area contributed by atoms with Gasteiger partial charge in [0.2, 0.25) is 0 Å². The molecule has 0 fully saturated rings. The first kappa shape index (κ1) is 12.1. The summed E-state index contributed by atoms with van der Waals surface area (Å²) < 4.78 is 0. The number of rotatable bonds is 4. The van der Waals surface area contributed by atoms with Crippen molar-refractivity contribution >= 4 is 45.9 Å². The molecule has 0 heterocycles. The molecule has 0 saturated carbocycles. The SMILES string of the molecule is O=C(CBr)Cc1cccc(CCl)c1S. The van der Waals surface area contributed by atoms with E-state index < -0.39 is 0 Å². The van der Waals surface area contributed by atoms with E-state index in [9.17, 15) is 4.79 Å². The van der Waals surface area contributed by atoms with Gasteiger partial charge in [-0.05, 0) is 11.1 Å². The Hall–Kier alpha value is 0.01000. The van der Waals surface area contributed by atoms with Crippen molar-refractivity contribution in [2.24, 2.45) is 0 Å². The molecular formula is C10H10BrClOS. The van der Waals surface area contributed by atoms with Crippen LogP contribution >= 0.6 is 40.2 Å². The zero-order valence-corrected chi connectivity index (χ0v) is 10.7. The van der Waals surface area contributed by atoms with Gasteiger partial charge in [-0.3, -0.25) is 4.79 Å². The number of halogens is 2. The molecule has 1 rings (SSSR count). The van der Waals surface area contributed by atoms with Crippen LogP contribution in [-0.4, -0.2) is 11.1 Å². The van der Waals surface area contributed by atoms with E-state index in [1.54, 1.807) is 0 Å².